The van der Waals surface area contributed by atoms with Crippen LogP contribution in [0.1, 0.15) is 73.6 Å². The van der Waals surface area contributed by atoms with Crippen LogP contribution in [0.5, 0.6) is 5.75 Å². The largest absolute Gasteiger partial charge is 0.497 e. The lowest BCUT2D eigenvalue weighted by Crippen LogP contribution is -2.46. The Morgan fingerprint density at radius 2 is 1.71 bits per heavy atom. The van der Waals surface area contributed by atoms with E-state index in [2.05, 4.69) is 68.8 Å². The zero-order chi connectivity index (χ0) is 27.5. The molecule has 2 aromatic carbocycles. The van der Waals surface area contributed by atoms with E-state index in [1.807, 2.05) is 11.0 Å². The third-order valence-electron chi connectivity index (χ3n) is 7.28. The van der Waals surface area contributed by atoms with Crippen LogP contribution in [0.15, 0.2) is 66.9 Å². The van der Waals surface area contributed by atoms with E-state index in [4.69, 9.17) is 4.74 Å². The number of ether oxygens (including phenoxy) is 1. The Balaban J connectivity index is 1.79. The van der Waals surface area contributed by atoms with Crippen molar-refractivity contribution in [2.45, 2.75) is 72.5 Å². The average molecular weight is 518 g/mol. The SMILES string of the molecule is CCCCCN(CC(=O)N(Cc1cccn1Cc1ccccc1C)C(C)CC)C(=O)c1ccc(OC)cc1. The number of benzene rings is 2. The van der Waals surface area contributed by atoms with Crippen LogP contribution in [0, 0.1) is 6.92 Å². The van der Waals surface area contributed by atoms with E-state index in [1.165, 1.54) is 11.1 Å². The molecule has 0 N–H and O–H groups in total. The molecule has 38 heavy (non-hydrogen) atoms. The molecular formula is C32H43N3O3. The number of unbranched alkanes of at least 4 members (excludes halogenated alkanes) is 2. The predicted octanol–water partition coefficient (Wildman–Crippen LogP) is 6.31. The minimum atomic E-state index is -0.121. The molecular weight excluding hydrogens is 474 g/mol. The van der Waals surface area contributed by atoms with Gasteiger partial charge in [0.2, 0.25) is 5.91 Å². The monoisotopic (exact) mass is 517 g/mol. The van der Waals surface area contributed by atoms with E-state index < -0.39 is 0 Å². The molecule has 6 heteroatoms. The van der Waals surface area contributed by atoms with Crippen molar-refractivity contribution >= 4 is 11.8 Å². The highest BCUT2D eigenvalue weighted by Gasteiger charge is 2.25. The molecule has 0 aliphatic carbocycles. The fraction of sp³-hybridized carbons (Fsp3) is 0.438. The number of aryl methyl sites for hydroxylation is 1. The minimum absolute atomic E-state index is 0.0265. The Labute approximate surface area is 228 Å². The van der Waals surface area contributed by atoms with Crippen molar-refractivity contribution in [3.8, 4) is 5.75 Å². The fourth-order valence-electron chi connectivity index (χ4n) is 4.58. The van der Waals surface area contributed by atoms with Gasteiger partial charge in [-0.05, 0) is 74.2 Å². The normalized spacial score (nSPS) is 11.7. The Morgan fingerprint density at radius 3 is 2.37 bits per heavy atom. The van der Waals surface area contributed by atoms with Crippen molar-refractivity contribution < 1.29 is 14.3 Å². The molecule has 0 bridgehead atoms. The van der Waals surface area contributed by atoms with Gasteiger partial charge in [0.05, 0.1) is 13.7 Å². The average Bonchev–Trinajstić information content (AvgIpc) is 3.38. The van der Waals surface area contributed by atoms with Crippen molar-refractivity contribution in [3.05, 3.63) is 89.2 Å². The predicted molar refractivity (Wildman–Crippen MR) is 153 cm³/mol. The molecule has 1 unspecified atom stereocenters. The van der Waals surface area contributed by atoms with E-state index >= 15 is 0 Å². The van der Waals surface area contributed by atoms with Crippen molar-refractivity contribution in [1.29, 1.82) is 0 Å². The smallest absolute Gasteiger partial charge is 0.254 e. The molecule has 0 fully saturated rings. The quantitative estimate of drug-likeness (QED) is 0.235. The standard InChI is InChI=1S/C32H43N3O3/c1-6-8-11-20-34(32(37)27-16-18-30(38-5)19-17-27)24-31(36)35(26(4)7-2)23-29-15-12-21-33(29)22-28-14-10-9-13-25(28)3/h9-10,12-19,21,26H,6-8,11,20,22-24H2,1-5H3. The molecule has 0 radical (unpaired) electrons. The maximum Gasteiger partial charge on any atom is 0.254 e. The van der Waals surface area contributed by atoms with Gasteiger partial charge >= 0.3 is 0 Å². The Bertz CT molecular complexity index is 1170. The lowest BCUT2D eigenvalue weighted by molar-refractivity contribution is -0.134. The molecule has 0 saturated heterocycles. The van der Waals surface area contributed by atoms with Crippen LogP contribution in [0.2, 0.25) is 0 Å². The summed E-state index contributed by atoms with van der Waals surface area (Å²) in [6, 6.07) is 19.7. The number of hydrogen-bond donors (Lipinski definition) is 0. The number of carbonyl (C=O) groups excluding carboxylic acids is 2. The fourth-order valence-corrected chi connectivity index (χ4v) is 4.58. The topological polar surface area (TPSA) is 54.8 Å². The van der Waals surface area contributed by atoms with Crippen LogP contribution in [-0.2, 0) is 17.9 Å². The van der Waals surface area contributed by atoms with E-state index in [9.17, 15) is 9.59 Å². The van der Waals surface area contributed by atoms with Crippen LogP contribution in [0.4, 0.5) is 0 Å². The first-order chi connectivity index (χ1) is 18.4. The molecule has 1 aromatic heterocycles. The molecule has 2 amide bonds. The summed E-state index contributed by atoms with van der Waals surface area (Å²) in [5.74, 6) is 0.553. The molecule has 3 rings (SSSR count). The lowest BCUT2D eigenvalue weighted by atomic mass is 10.1. The van der Waals surface area contributed by atoms with E-state index in [0.717, 1.165) is 37.9 Å². The highest BCUT2D eigenvalue weighted by atomic mass is 16.5. The number of carbonyl (C=O) groups is 2. The number of amides is 2. The van der Waals surface area contributed by atoms with Crippen molar-refractivity contribution in [3.63, 3.8) is 0 Å². The number of aromatic nitrogens is 1. The summed E-state index contributed by atoms with van der Waals surface area (Å²) < 4.78 is 7.45. The number of rotatable bonds is 14. The lowest BCUT2D eigenvalue weighted by Gasteiger charge is -2.32. The molecule has 1 heterocycles. The van der Waals surface area contributed by atoms with Gasteiger partial charge in [-0.2, -0.15) is 0 Å². The highest BCUT2D eigenvalue weighted by molar-refractivity contribution is 5.96. The Kier molecular flexibility index (Phi) is 11.0. The van der Waals surface area contributed by atoms with Gasteiger partial charge in [-0.1, -0.05) is 51.0 Å². The third kappa shape index (κ3) is 7.73. The van der Waals surface area contributed by atoms with E-state index in [-0.39, 0.29) is 24.4 Å². The second kappa shape index (κ2) is 14.4. The molecule has 0 aliphatic heterocycles. The van der Waals surface area contributed by atoms with Gasteiger partial charge in [0.1, 0.15) is 12.3 Å². The van der Waals surface area contributed by atoms with Crippen LogP contribution in [-0.4, -0.2) is 52.4 Å². The second-order valence-corrected chi connectivity index (χ2v) is 10.00. The van der Waals surface area contributed by atoms with Crippen LogP contribution < -0.4 is 4.74 Å². The molecule has 3 aromatic rings. The third-order valence-corrected chi connectivity index (χ3v) is 7.28. The number of methoxy groups -OCH3 is 1. The van der Waals surface area contributed by atoms with Crippen molar-refractivity contribution in [2.75, 3.05) is 20.2 Å². The van der Waals surface area contributed by atoms with Gasteiger partial charge in [0, 0.05) is 36.6 Å². The molecule has 1 atom stereocenters. The summed E-state index contributed by atoms with van der Waals surface area (Å²) in [6.07, 6.45) is 5.85. The zero-order valence-electron chi connectivity index (χ0n) is 23.7. The minimum Gasteiger partial charge on any atom is -0.497 e. The summed E-state index contributed by atoms with van der Waals surface area (Å²) >= 11 is 0. The van der Waals surface area contributed by atoms with Crippen LogP contribution in [0.25, 0.3) is 0 Å². The molecule has 6 nitrogen and oxygen atoms in total. The maximum atomic E-state index is 13.8. The molecule has 0 aliphatic rings. The summed E-state index contributed by atoms with van der Waals surface area (Å²) in [6.45, 7) is 10.3. The summed E-state index contributed by atoms with van der Waals surface area (Å²) in [4.78, 5) is 30.9. The first kappa shape index (κ1) is 29.0. The van der Waals surface area contributed by atoms with Crippen molar-refractivity contribution in [2.24, 2.45) is 0 Å². The van der Waals surface area contributed by atoms with Crippen LogP contribution in [0.3, 0.4) is 0 Å². The first-order valence-electron chi connectivity index (χ1n) is 13.8. The van der Waals surface area contributed by atoms with E-state index in [0.29, 0.717) is 24.4 Å². The van der Waals surface area contributed by atoms with Gasteiger partial charge in [-0.25, -0.2) is 0 Å². The van der Waals surface area contributed by atoms with Crippen molar-refractivity contribution in [1.82, 2.24) is 14.4 Å². The second-order valence-electron chi connectivity index (χ2n) is 10.00. The van der Waals surface area contributed by atoms with Gasteiger partial charge in [0.25, 0.3) is 5.91 Å². The maximum absolute atomic E-state index is 13.8. The zero-order valence-corrected chi connectivity index (χ0v) is 23.7. The Hall–Kier alpha value is -3.54. The summed E-state index contributed by atoms with van der Waals surface area (Å²) in [7, 11) is 1.60. The first-order valence-corrected chi connectivity index (χ1v) is 13.8. The Morgan fingerprint density at radius 1 is 0.974 bits per heavy atom. The van der Waals surface area contributed by atoms with Gasteiger partial charge in [-0.15, -0.1) is 0 Å². The van der Waals surface area contributed by atoms with Gasteiger partial charge in [-0.3, -0.25) is 9.59 Å². The summed E-state index contributed by atoms with van der Waals surface area (Å²) in [5.41, 5.74) is 4.17. The highest BCUT2D eigenvalue weighted by Crippen LogP contribution is 2.18. The number of hydrogen-bond acceptors (Lipinski definition) is 3. The van der Waals surface area contributed by atoms with Crippen LogP contribution >= 0.6 is 0 Å². The molecule has 0 saturated carbocycles. The van der Waals surface area contributed by atoms with E-state index in [1.54, 1.807) is 36.3 Å². The van der Waals surface area contributed by atoms with Gasteiger partial charge < -0.3 is 19.1 Å². The summed E-state index contributed by atoms with van der Waals surface area (Å²) in [5, 5.41) is 0. The molecule has 0 spiro atoms. The molecule has 204 valence electrons. The van der Waals surface area contributed by atoms with Gasteiger partial charge in [0.15, 0.2) is 0 Å². The number of nitrogens with zero attached hydrogens (tertiary/aromatic N) is 3.